The Labute approximate surface area is 193 Å². The molecule has 0 atom stereocenters. The van der Waals surface area contributed by atoms with Gasteiger partial charge in [0.2, 0.25) is 0 Å². The van der Waals surface area contributed by atoms with E-state index in [2.05, 4.69) is 42.2 Å². The van der Waals surface area contributed by atoms with E-state index in [4.69, 9.17) is 9.47 Å². The fourth-order valence-corrected chi connectivity index (χ4v) is 4.76. The first-order chi connectivity index (χ1) is 15.3. The van der Waals surface area contributed by atoms with Crippen molar-refractivity contribution < 1.29 is 19.1 Å². The maximum Gasteiger partial charge on any atom is 0.411 e. The Morgan fingerprint density at radius 1 is 0.906 bits per heavy atom. The van der Waals surface area contributed by atoms with Crippen LogP contribution in [0.5, 0.6) is 0 Å². The quantitative estimate of drug-likeness (QED) is 0.378. The highest BCUT2D eigenvalue weighted by Crippen LogP contribution is 2.44. The van der Waals surface area contributed by atoms with Gasteiger partial charge in [0.15, 0.2) is 0 Å². The molecule has 0 saturated carbocycles. The van der Waals surface area contributed by atoms with Gasteiger partial charge in [-0.2, -0.15) is 0 Å². The normalized spacial score (nSPS) is 12.2. The second kappa shape index (κ2) is 8.71. The third-order valence-electron chi connectivity index (χ3n) is 6.17. The van der Waals surface area contributed by atoms with Gasteiger partial charge in [-0.15, -0.1) is 12.6 Å². The number of carbonyl (C=O) groups excluding carboxylic acids is 2. The Kier molecular flexibility index (Phi) is 5.98. The summed E-state index contributed by atoms with van der Waals surface area (Å²) in [6, 6.07) is 16.4. The molecule has 0 unspecified atom stereocenters. The van der Waals surface area contributed by atoms with E-state index >= 15 is 0 Å². The maximum absolute atomic E-state index is 12.8. The second-order valence-corrected chi connectivity index (χ2v) is 8.36. The van der Waals surface area contributed by atoms with E-state index in [1.807, 2.05) is 38.1 Å². The van der Waals surface area contributed by atoms with Gasteiger partial charge in [0.25, 0.3) is 0 Å². The molecular formula is C26H25NO4S. The minimum Gasteiger partial charge on any atom is -0.465 e. The highest BCUT2D eigenvalue weighted by atomic mass is 32.1. The number of anilines is 1. The molecule has 3 aromatic carbocycles. The molecule has 0 heterocycles. The zero-order chi connectivity index (χ0) is 23.0. The molecule has 1 aliphatic rings. The van der Waals surface area contributed by atoms with Crippen LogP contribution in [-0.2, 0) is 9.47 Å². The van der Waals surface area contributed by atoms with Crippen LogP contribution in [0.4, 0.5) is 10.5 Å². The number of benzene rings is 3. The van der Waals surface area contributed by atoms with Crippen molar-refractivity contribution in [3.05, 3.63) is 81.9 Å². The highest BCUT2D eigenvalue weighted by Gasteiger charge is 2.29. The van der Waals surface area contributed by atoms with Gasteiger partial charge in [-0.25, -0.2) is 9.59 Å². The number of hydrogen-bond donors (Lipinski definition) is 2. The molecule has 0 aromatic heterocycles. The summed E-state index contributed by atoms with van der Waals surface area (Å²) >= 11 is 4.54. The van der Waals surface area contributed by atoms with Gasteiger partial charge in [0, 0.05) is 10.8 Å². The first-order valence-corrected chi connectivity index (χ1v) is 10.8. The van der Waals surface area contributed by atoms with Crippen LogP contribution in [0.25, 0.3) is 11.1 Å². The van der Waals surface area contributed by atoms with Crippen LogP contribution in [0.2, 0.25) is 0 Å². The topological polar surface area (TPSA) is 64.6 Å². The minimum atomic E-state index is -0.578. The second-order valence-electron chi connectivity index (χ2n) is 7.92. The molecule has 1 aliphatic carbocycles. The number of ether oxygens (including phenoxy) is 2. The largest absolute Gasteiger partial charge is 0.465 e. The van der Waals surface area contributed by atoms with Gasteiger partial charge >= 0.3 is 12.1 Å². The molecular weight excluding hydrogens is 422 g/mol. The number of rotatable bonds is 4. The third kappa shape index (κ3) is 3.65. The summed E-state index contributed by atoms with van der Waals surface area (Å²) in [5.41, 5.74) is 7.66. The van der Waals surface area contributed by atoms with Crippen molar-refractivity contribution in [1.29, 1.82) is 0 Å². The van der Waals surface area contributed by atoms with Crippen LogP contribution < -0.4 is 5.32 Å². The molecule has 0 aliphatic heterocycles. The fourth-order valence-electron chi connectivity index (χ4n) is 4.54. The van der Waals surface area contributed by atoms with Crippen molar-refractivity contribution in [2.24, 2.45) is 0 Å². The Hall–Kier alpha value is -3.25. The van der Waals surface area contributed by atoms with Crippen LogP contribution in [0.1, 0.15) is 44.1 Å². The fraction of sp³-hybridized carbons (Fsp3) is 0.231. The average molecular weight is 448 g/mol. The van der Waals surface area contributed by atoms with Crippen molar-refractivity contribution >= 4 is 30.4 Å². The molecule has 0 saturated heterocycles. The van der Waals surface area contributed by atoms with E-state index in [9.17, 15) is 9.59 Å². The number of methoxy groups -OCH3 is 1. The van der Waals surface area contributed by atoms with Gasteiger partial charge < -0.3 is 9.47 Å². The SMILES string of the molecule is COC(=O)c1c(C)c(S)c(C)c(NC(=O)OCC2c3ccccc3-c3ccccc32)c1C. The molecule has 0 fully saturated rings. The Bertz CT molecular complexity index is 1190. The third-order valence-corrected chi connectivity index (χ3v) is 6.84. The van der Waals surface area contributed by atoms with E-state index in [1.165, 1.54) is 18.2 Å². The van der Waals surface area contributed by atoms with Crippen molar-refractivity contribution in [2.75, 3.05) is 19.0 Å². The molecule has 4 rings (SSSR count). The number of amides is 1. The highest BCUT2D eigenvalue weighted by molar-refractivity contribution is 7.80. The van der Waals surface area contributed by atoms with Crippen molar-refractivity contribution in [2.45, 2.75) is 31.6 Å². The van der Waals surface area contributed by atoms with Crippen LogP contribution in [0.3, 0.4) is 0 Å². The van der Waals surface area contributed by atoms with E-state index in [0.29, 0.717) is 27.3 Å². The molecule has 5 nitrogen and oxygen atoms in total. The monoisotopic (exact) mass is 447 g/mol. The number of fused-ring (bicyclic) bond motifs is 3. The zero-order valence-electron chi connectivity index (χ0n) is 18.5. The summed E-state index contributed by atoms with van der Waals surface area (Å²) in [5.74, 6) is -0.495. The van der Waals surface area contributed by atoms with E-state index in [1.54, 1.807) is 6.92 Å². The number of carbonyl (C=O) groups is 2. The van der Waals surface area contributed by atoms with Gasteiger partial charge in [-0.1, -0.05) is 48.5 Å². The molecule has 1 amide bonds. The first kappa shape index (κ1) is 22.0. The van der Waals surface area contributed by atoms with Crippen LogP contribution in [-0.4, -0.2) is 25.8 Å². The summed E-state index contributed by atoms with van der Waals surface area (Å²) in [6.07, 6.45) is -0.578. The molecule has 6 heteroatoms. The molecule has 164 valence electrons. The summed E-state index contributed by atoms with van der Waals surface area (Å²) < 4.78 is 10.6. The lowest BCUT2D eigenvalue weighted by atomic mass is 9.97. The summed E-state index contributed by atoms with van der Waals surface area (Å²) in [7, 11) is 1.33. The molecule has 0 spiro atoms. The van der Waals surface area contributed by atoms with Crippen molar-refractivity contribution in [1.82, 2.24) is 0 Å². The van der Waals surface area contributed by atoms with E-state index < -0.39 is 12.1 Å². The van der Waals surface area contributed by atoms with Crippen molar-refractivity contribution in [3.8, 4) is 11.1 Å². The van der Waals surface area contributed by atoms with Gasteiger partial charge in [-0.05, 0) is 59.7 Å². The van der Waals surface area contributed by atoms with Gasteiger partial charge in [0.05, 0.1) is 18.4 Å². The van der Waals surface area contributed by atoms with E-state index in [-0.39, 0.29) is 12.5 Å². The number of nitrogens with one attached hydrogen (secondary N) is 1. The van der Waals surface area contributed by atoms with Crippen LogP contribution in [0, 0.1) is 20.8 Å². The van der Waals surface area contributed by atoms with Gasteiger partial charge in [-0.3, -0.25) is 5.32 Å². The number of esters is 1. The Balaban J connectivity index is 1.57. The van der Waals surface area contributed by atoms with E-state index in [0.717, 1.165) is 16.7 Å². The minimum absolute atomic E-state index is 0.0283. The lowest BCUT2D eigenvalue weighted by Gasteiger charge is -2.20. The molecule has 0 radical (unpaired) electrons. The first-order valence-electron chi connectivity index (χ1n) is 10.4. The van der Waals surface area contributed by atoms with Crippen molar-refractivity contribution in [3.63, 3.8) is 0 Å². The summed E-state index contributed by atoms with van der Waals surface area (Å²) in [6.45, 7) is 5.65. The molecule has 3 aromatic rings. The number of thiol groups is 1. The Morgan fingerprint density at radius 2 is 1.47 bits per heavy atom. The standard InChI is InChI=1S/C26H25NO4S/c1-14-22(25(28)30-4)15(2)24(32)16(3)23(14)27-26(29)31-13-21-19-11-7-5-9-17(19)18-10-6-8-12-20(18)21/h5-12,21,32H,13H2,1-4H3,(H,27,29). The smallest absolute Gasteiger partial charge is 0.411 e. The average Bonchev–Trinajstić information content (AvgIpc) is 3.13. The summed E-state index contributed by atoms with van der Waals surface area (Å²) in [4.78, 5) is 25.7. The Morgan fingerprint density at radius 3 is 2.03 bits per heavy atom. The summed E-state index contributed by atoms with van der Waals surface area (Å²) in [5, 5.41) is 2.82. The lowest BCUT2D eigenvalue weighted by Crippen LogP contribution is -2.20. The lowest BCUT2D eigenvalue weighted by molar-refractivity contribution is 0.0598. The molecule has 0 bridgehead atoms. The van der Waals surface area contributed by atoms with Crippen LogP contribution in [0.15, 0.2) is 53.4 Å². The van der Waals surface area contributed by atoms with Gasteiger partial charge in [0.1, 0.15) is 6.61 Å². The predicted molar refractivity (Wildman–Crippen MR) is 128 cm³/mol. The van der Waals surface area contributed by atoms with Crippen LogP contribution >= 0.6 is 12.6 Å². The maximum atomic E-state index is 12.8. The molecule has 32 heavy (non-hydrogen) atoms. The predicted octanol–water partition coefficient (Wildman–Crippen LogP) is 6.05. The zero-order valence-corrected chi connectivity index (χ0v) is 19.4. The molecule has 1 N–H and O–H groups in total. The number of hydrogen-bond acceptors (Lipinski definition) is 5.